The molecule has 1 amide bonds. The highest BCUT2D eigenvalue weighted by atomic mass is 19.2. The van der Waals surface area contributed by atoms with Gasteiger partial charge in [0.15, 0.2) is 23.1 Å². The molecule has 0 radical (unpaired) electrons. The van der Waals surface area contributed by atoms with E-state index in [1.807, 2.05) is 0 Å². The zero-order chi connectivity index (χ0) is 16.2. The lowest BCUT2D eigenvalue weighted by Gasteiger charge is -2.08. The Morgan fingerprint density at radius 1 is 1.09 bits per heavy atom. The lowest BCUT2D eigenvalue weighted by atomic mass is 10.2. The molecule has 0 spiro atoms. The molecule has 2 aromatic carbocycles. The quantitative estimate of drug-likeness (QED) is 0.860. The Kier molecular flexibility index (Phi) is 4.27. The number of rotatable bonds is 5. The number of ether oxygens (including phenoxy) is 3. The van der Waals surface area contributed by atoms with Crippen LogP contribution < -0.4 is 19.5 Å². The van der Waals surface area contributed by atoms with E-state index in [0.717, 1.165) is 12.1 Å². The van der Waals surface area contributed by atoms with E-state index in [2.05, 4.69) is 5.32 Å². The van der Waals surface area contributed by atoms with E-state index >= 15 is 0 Å². The number of nitrogens with one attached hydrogen (secondary N) is 1. The van der Waals surface area contributed by atoms with Gasteiger partial charge in [-0.3, -0.25) is 4.79 Å². The fraction of sp³-hybridized carbons (Fsp3) is 0.188. The second-order valence-electron chi connectivity index (χ2n) is 4.75. The first-order chi connectivity index (χ1) is 11.1. The molecule has 0 bridgehead atoms. The topological polar surface area (TPSA) is 56.8 Å². The van der Waals surface area contributed by atoms with E-state index in [1.54, 1.807) is 18.2 Å². The van der Waals surface area contributed by atoms with Crippen LogP contribution in [-0.2, 0) is 0 Å². The van der Waals surface area contributed by atoms with E-state index < -0.39 is 11.6 Å². The zero-order valence-electron chi connectivity index (χ0n) is 12.0. The molecule has 23 heavy (non-hydrogen) atoms. The Morgan fingerprint density at radius 2 is 1.91 bits per heavy atom. The Hall–Kier alpha value is -2.83. The Balaban J connectivity index is 1.48. The van der Waals surface area contributed by atoms with Crippen molar-refractivity contribution >= 4 is 5.91 Å². The van der Waals surface area contributed by atoms with E-state index in [0.29, 0.717) is 17.1 Å². The van der Waals surface area contributed by atoms with Crippen molar-refractivity contribution in [3.8, 4) is 17.2 Å². The minimum Gasteiger partial charge on any atom is -0.492 e. The minimum atomic E-state index is -0.980. The number of carbonyl (C=O) groups is 1. The third-order valence-corrected chi connectivity index (χ3v) is 3.18. The van der Waals surface area contributed by atoms with Crippen LogP contribution in [0.1, 0.15) is 10.4 Å². The summed E-state index contributed by atoms with van der Waals surface area (Å²) < 4.78 is 41.4. The first-order valence-corrected chi connectivity index (χ1v) is 6.89. The van der Waals surface area contributed by atoms with E-state index in [1.165, 1.54) is 6.07 Å². The fourth-order valence-electron chi connectivity index (χ4n) is 2.04. The summed E-state index contributed by atoms with van der Waals surface area (Å²) in [6.07, 6.45) is 0. The van der Waals surface area contributed by atoms with Crippen LogP contribution in [0.15, 0.2) is 36.4 Å². The van der Waals surface area contributed by atoms with Crippen LogP contribution in [0.2, 0.25) is 0 Å². The second kappa shape index (κ2) is 6.51. The molecule has 0 unspecified atom stereocenters. The van der Waals surface area contributed by atoms with Crippen LogP contribution in [0.25, 0.3) is 0 Å². The number of amides is 1. The van der Waals surface area contributed by atoms with Crippen molar-refractivity contribution in [2.24, 2.45) is 0 Å². The smallest absolute Gasteiger partial charge is 0.251 e. The predicted octanol–water partition coefficient (Wildman–Crippen LogP) is 2.50. The number of halogens is 2. The molecule has 120 valence electrons. The molecule has 1 aliphatic rings. The third kappa shape index (κ3) is 3.50. The zero-order valence-corrected chi connectivity index (χ0v) is 12.0. The fourth-order valence-corrected chi connectivity index (χ4v) is 2.04. The molecule has 0 fully saturated rings. The Labute approximate surface area is 130 Å². The maximum Gasteiger partial charge on any atom is 0.251 e. The molecule has 0 atom stereocenters. The van der Waals surface area contributed by atoms with Crippen molar-refractivity contribution in [1.29, 1.82) is 0 Å². The van der Waals surface area contributed by atoms with Gasteiger partial charge in [0.1, 0.15) is 12.4 Å². The van der Waals surface area contributed by atoms with Crippen LogP contribution in [0, 0.1) is 11.6 Å². The summed E-state index contributed by atoms with van der Waals surface area (Å²) in [7, 11) is 0. The lowest BCUT2D eigenvalue weighted by molar-refractivity contribution is 0.0946. The molecule has 1 N–H and O–H groups in total. The van der Waals surface area contributed by atoms with Gasteiger partial charge in [0.05, 0.1) is 6.54 Å². The number of fused-ring (bicyclic) bond motifs is 1. The average molecular weight is 321 g/mol. The Morgan fingerprint density at radius 3 is 2.74 bits per heavy atom. The van der Waals surface area contributed by atoms with Gasteiger partial charge in [-0.15, -0.1) is 0 Å². The molecule has 2 aromatic rings. The highest BCUT2D eigenvalue weighted by molar-refractivity contribution is 5.94. The molecule has 1 heterocycles. The van der Waals surface area contributed by atoms with Crippen LogP contribution >= 0.6 is 0 Å². The lowest BCUT2D eigenvalue weighted by Crippen LogP contribution is -2.28. The van der Waals surface area contributed by atoms with E-state index in [-0.39, 0.29) is 31.6 Å². The summed E-state index contributed by atoms with van der Waals surface area (Å²) >= 11 is 0. The van der Waals surface area contributed by atoms with E-state index in [9.17, 15) is 13.6 Å². The van der Waals surface area contributed by atoms with Crippen molar-refractivity contribution < 1.29 is 27.8 Å². The molecular formula is C16H13F2NO4. The summed E-state index contributed by atoms with van der Waals surface area (Å²) in [4.78, 5) is 12.0. The monoisotopic (exact) mass is 321 g/mol. The summed E-state index contributed by atoms with van der Waals surface area (Å²) in [5.41, 5.74) is 0.432. The molecule has 3 rings (SSSR count). The normalized spacial score (nSPS) is 12.1. The molecule has 7 heteroatoms. The summed E-state index contributed by atoms with van der Waals surface area (Å²) in [5.74, 6) is -0.891. The van der Waals surface area contributed by atoms with Gasteiger partial charge >= 0.3 is 0 Å². The average Bonchev–Trinajstić information content (AvgIpc) is 3.02. The van der Waals surface area contributed by atoms with Crippen LogP contribution in [0.3, 0.4) is 0 Å². The number of benzene rings is 2. The molecule has 1 aliphatic heterocycles. The van der Waals surface area contributed by atoms with Gasteiger partial charge < -0.3 is 19.5 Å². The van der Waals surface area contributed by atoms with Crippen molar-refractivity contribution in [2.75, 3.05) is 19.9 Å². The summed E-state index contributed by atoms with van der Waals surface area (Å²) in [5, 5.41) is 2.66. The predicted molar refractivity (Wildman–Crippen MR) is 76.8 cm³/mol. The third-order valence-electron chi connectivity index (χ3n) is 3.18. The number of hydrogen-bond acceptors (Lipinski definition) is 4. The number of hydrogen-bond donors (Lipinski definition) is 1. The van der Waals surface area contributed by atoms with Gasteiger partial charge in [0.2, 0.25) is 6.79 Å². The van der Waals surface area contributed by atoms with Gasteiger partial charge in [0, 0.05) is 11.6 Å². The van der Waals surface area contributed by atoms with Crippen LogP contribution in [-0.4, -0.2) is 25.9 Å². The molecule has 0 saturated heterocycles. The first kappa shape index (κ1) is 15.1. The van der Waals surface area contributed by atoms with Gasteiger partial charge in [-0.25, -0.2) is 8.78 Å². The molecule has 0 aromatic heterocycles. The van der Waals surface area contributed by atoms with E-state index in [4.69, 9.17) is 14.2 Å². The molecule has 5 nitrogen and oxygen atoms in total. The number of carbonyl (C=O) groups excluding carboxylic acids is 1. The molecule has 0 saturated carbocycles. The van der Waals surface area contributed by atoms with Gasteiger partial charge in [0.25, 0.3) is 5.91 Å². The van der Waals surface area contributed by atoms with Crippen molar-refractivity contribution in [3.05, 3.63) is 53.6 Å². The highest BCUT2D eigenvalue weighted by Gasteiger charge is 2.15. The maximum atomic E-state index is 13.0. The van der Waals surface area contributed by atoms with Gasteiger partial charge in [-0.1, -0.05) is 0 Å². The van der Waals surface area contributed by atoms with Gasteiger partial charge in [-0.2, -0.15) is 0 Å². The standard InChI is InChI=1S/C16H13F2NO4/c17-12-3-2-11(8-13(12)18)21-6-5-19-16(20)10-1-4-14-15(7-10)23-9-22-14/h1-4,7-8H,5-6,9H2,(H,19,20). The summed E-state index contributed by atoms with van der Waals surface area (Å²) in [6.45, 7) is 0.482. The van der Waals surface area contributed by atoms with Gasteiger partial charge in [-0.05, 0) is 30.3 Å². The van der Waals surface area contributed by atoms with Crippen molar-refractivity contribution in [3.63, 3.8) is 0 Å². The highest BCUT2D eigenvalue weighted by Crippen LogP contribution is 2.32. The molecule has 0 aliphatic carbocycles. The largest absolute Gasteiger partial charge is 0.492 e. The van der Waals surface area contributed by atoms with Crippen molar-refractivity contribution in [2.45, 2.75) is 0 Å². The SMILES string of the molecule is O=C(NCCOc1ccc(F)c(F)c1)c1ccc2c(c1)OCO2. The maximum absolute atomic E-state index is 13.0. The van der Waals surface area contributed by atoms with Crippen LogP contribution in [0.4, 0.5) is 8.78 Å². The summed E-state index contributed by atoms with van der Waals surface area (Å²) in [6, 6.07) is 8.13. The Bertz CT molecular complexity index is 736. The first-order valence-electron chi connectivity index (χ1n) is 6.89. The van der Waals surface area contributed by atoms with Crippen LogP contribution in [0.5, 0.6) is 17.2 Å². The minimum absolute atomic E-state index is 0.126. The second-order valence-corrected chi connectivity index (χ2v) is 4.75. The van der Waals surface area contributed by atoms with Crippen molar-refractivity contribution in [1.82, 2.24) is 5.32 Å². The molecular weight excluding hydrogens is 308 g/mol.